The van der Waals surface area contributed by atoms with E-state index >= 15 is 0 Å². The van der Waals surface area contributed by atoms with Gasteiger partial charge in [0.15, 0.2) is 11.4 Å². The van der Waals surface area contributed by atoms with Gasteiger partial charge in [0.25, 0.3) is 11.9 Å². The highest BCUT2D eigenvalue weighted by atomic mass is 35.5. The fourth-order valence-electron chi connectivity index (χ4n) is 3.65. The molecule has 1 aromatic heterocycles. The third-order valence-corrected chi connectivity index (χ3v) is 6.37. The van der Waals surface area contributed by atoms with Crippen LogP contribution in [0.1, 0.15) is 46.2 Å². The van der Waals surface area contributed by atoms with Crippen LogP contribution >= 0.6 is 23.2 Å². The van der Waals surface area contributed by atoms with Crippen LogP contribution in [0.25, 0.3) is 0 Å². The number of rotatable bonds is 4. The van der Waals surface area contributed by atoms with Crippen molar-refractivity contribution < 1.29 is 14.0 Å². The molecule has 33 heavy (non-hydrogen) atoms. The molecule has 0 saturated heterocycles. The Labute approximate surface area is 200 Å². The number of halogens is 3. The van der Waals surface area contributed by atoms with Crippen LogP contribution in [0, 0.1) is 19.7 Å². The number of amides is 1. The minimum atomic E-state index is -0.846. The van der Waals surface area contributed by atoms with Crippen LogP contribution in [0.5, 0.6) is 0 Å². The smallest absolute Gasteiger partial charge is 0.260 e. The summed E-state index contributed by atoms with van der Waals surface area (Å²) in [4.78, 5) is 24.5. The van der Waals surface area contributed by atoms with Crippen LogP contribution < -0.4 is 4.90 Å². The normalized spacial score (nSPS) is 17.6. The number of aromatic nitrogens is 3. The lowest BCUT2D eigenvalue weighted by Gasteiger charge is -2.22. The van der Waals surface area contributed by atoms with Gasteiger partial charge in [-0.3, -0.25) is 14.4 Å². The van der Waals surface area contributed by atoms with Crippen molar-refractivity contribution in [2.24, 2.45) is 12.2 Å². The minimum Gasteiger partial charge on any atom is -0.384 e. The van der Waals surface area contributed by atoms with E-state index in [4.69, 9.17) is 28.0 Å². The molecule has 2 aromatic carbocycles. The van der Waals surface area contributed by atoms with Crippen LogP contribution in [0.3, 0.4) is 0 Å². The number of benzene rings is 2. The van der Waals surface area contributed by atoms with Gasteiger partial charge in [-0.05, 0) is 56.2 Å². The Morgan fingerprint density at radius 3 is 2.45 bits per heavy atom. The molecule has 1 aliphatic heterocycles. The standard InChI is InChI=1S/C23H22Cl2FN5O2/c1-12-8-14(6-7-16(12)21(32)30(4)22-27-13(2)31(5)28-22)19-11-23(3,33-29-19)15-9-17(24)20(26)18(25)10-15/h6-10H,11H2,1-5H3. The molecule has 0 N–H and O–H groups in total. The van der Waals surface area contributed by atoms with Crippen LogP contribution in [0.15, 0.2) is 35.5 Å². The molecule has 10 heteroatoms. The number of carbonyl (C=O) groups is 1. The second-order valence-corrected chi connectivity index (χ2v) is 9.08. The molecule has 0 spiro atoms. The molecule has 0 bridgehead atoms. The Morgan fingerprint density at radius 1 is 1.21 bits per heavy atom. The molecule has 1 atom stereocenters. The molecule has 0 saturated carbocycles. The summed E-state index contributed by atoms with van der Waals surface area (Å²) in [6.45, 7) is 5.52. The van der Waals surface area contributed by atoms with E-state index < -0.39 is 11.4 Å². The molecule has 0 fully saturated rings. The summed E-state index contributed by atoms with van der Waals surface area (Å²) in [6.07, 6.45) is 0.426. The van der Waals surface area contributed by atoms with Crippen molar-refractivity contribution in [1.29, 1.82) is 0 Å². The number of carbonyl (C=O) groups excluding carboxylic acids is 1. The zero-order valence-electron chi connectivity index (χ0n) is 18.8. The molecule has 2 heterocycles. The monoisotopic (exact) mass is 489 g/mol. The fourth-order valence-corrected chi connectivity index (χ4v) is 4.14. The van der Waals surface area contributed by atoms with E-state index in [0.29, 0.717) is 35.0 Å². The lowest BCUT2D eigenvalue weighted by molar-refractivity contribution is -0.00741. The molecule has 172 valence electrons. The topological polar surface area (TPSA) is 72.6 Å². The van der Waals surface area contributed by atoms with E-state index in [2.05, 4.69) is 15.2 Å². The number of anilines is 1. The largest absolute Gasteiger partial charge is 0.384 e. The Morgan fingerprint density at radius 2 is 1.88 bits per heavy atom. The van der Waals surface area contributed by atoms with Crippen LogP contribution in [-0.4, -0.2) is 33.4 Å². The van der Waals surface area contributed by atoms with Gasteiger partial charge < -0.3 is 4.84 Å². The molecule has 4 rings (SSSR count). The van der Waals surface area contributed by atoms with Gasteiger partial charge in [-0.1, -0.05) is 34.4 Å². The summed E-state index contributed by atoms with van der Waals surface area (Å²) in [5.41, 5.74) is 2.61. The Kier molecular flexibility index (Phi) is 5.92. The first-order chi connectivity index (χ1) is 15.5. The second-order valence-electron chi connectivity index (χ2n) is 8.27. The third-order valence-electron chi connectivity index (χ3n) is 5.82. The molecule has 0 radical (unpaired) electrons. The molecule has 1 aliphatic rings. The Balaban J connectivity index is 1.56. The number of hydrogen-bond donors (Lipinski definition) is 0. The molecule has 3 aromatic rings. The lowest BCUT2D eigenvalue weighted by Crippen LogP contribution is -2.28. The van der Waals surface area contributed by atoms with Crippen molar-refractivity contribution in [3.63, 3.8) is 0 Å². The Bertz CT molecular complexity index is 1260. The fraction of sp³-hybridized carbons (Fsp3) is 0.304. The number of aryl methyl sites for hydroxylation is 3. The van der Waals surface area contributed by atoms with Gasteiger partial charge in [0.05, 0.1) is 15.8 Å². The molecular formula is C23H22Cl2FN5O2. The molecule has 1 amide bonds. The molecule has 0 aliphatic carbocycles. The number of oxime groups is 1. The molecular weight excluding hydrogens is 468 g/mol. The van der Waals surface area contributed by atoms with Crippen molar-refractivity contribution in [3.05, 3.63) is 74.3 Å². The highest BCUT2D eigenvalue weighted by molar-refractivity contribution is 6.35. The van der Waals surface area contributed by atoms with Gasteiger partial charge >= 0.3 is 0 Å². The number of hydrogen-bond acceptors (Lipinski definition) is 5. The lowest BCUT2D eigenvalue weighted by atomic mass is 9.88. The van der Waals surface area contributed by atoms with E-state index in [1.54, 1.807) is 24.8 Å². The number of nitrogens with zero attached hydrogens (tertiary/aromatic N) is 5. The third kappa shape index (κ3) is 4.20. The summed E-state index contributed by atoms with van der Waals surface area (Å²) >= 11 is 11.9. The van der Waals surface area contributed by atoms with Crippen molar-refractivity contribution in [1.82, 2.24) is 14.8 Å². The first-order valence-corrected chi connectivity index (χ1v) is 10.9. The van der Waals surface area contributed by atoms with Crippen molar-refractivity contribution in [2.75, 3.05) is 11.9 Å². The summed E-state index contributed by atoms with van der Waals surface area (Å²) < 4.78 is 15.4. The van der Waals surface area contributed by atoms with E-state index in [1.165, 1.54) is 17.0 Å². The quantitative estimate of drug-likeness (QED) is 0.472. The highest BCUT2D eigenvalue weighted by Crippen LogP contribution is 2.39. The van der Waals surface area contributed by atoms with E-state index in [1.807, 2.05) is 32.9 Å². The molecule has 7 nitrogen and oxygen atoms in total. The van der Waals surface area contributed by atoms with Crippen molar-refractivity contribution in [3.8, 4) is 0 Å². The summed E-state index contributed by atoms with van der Waals surface area (Å²) in [5.74, 6) is 0.170. The van der Waals surface area contributed by atoms with Crippen molar-refractivity contribution >= 4 is 40.8 Å². The predicted molar refractivity (Wildman–Crippen MR) is 126 cm³/mol. The average Bonchev–Trinajstić information content (AvgIpc) is 3.33. The summed E-state index contributed by atoms with van der Waals surface area (Å²) in [5, 5.41) is 8.36. The first kappa shape index (κ1) is 23.2. The average molecular weight is 490 g/mol. The van der Waals surface area contributed by atoms with E-state index in [0.717, 1.165) is 11.1 Å². The minimum absolute atomic E-state index is 0.0730. The highest BCUT2D eigenvalue weighted by Gasteiger charge is 2.38. The summed E-state index contributed by atoms with van der Waals surface area (Å²) in [7, 11) is 3.42. The van der Waals surface area contributed by atoms with Gasteiger partial charge in [-0.2, -0.15) is 4.98 Å². The second kappa shape index (κ2) is 8.43. The van der Waals surface area contributed by atoms with Gasteiger partial charge in [-0.15, -0.1) is 5.10 Å². The van der Waals surface area contributed by atoms with Gasteiger partial charge in [0.1, 0.15) is 5.82 Å². The van der Waals surface area contributed by atoms with Gasteiger partial charge in [0.2, 0.25) is 0 Å². The van der Waals surface area contributed by atoms with E-state index in [9.17, 15) is 9.18 Å². The van der Waals surface area contributed by atoms with Gasteiger partial charge in [0, 0.05) is 31.6 Å². The zero-order chi connectivity index (χ0) is 24.1. The van der Waals surface area contributed by atoms with Crippen LogP contribution in [0.4, 0.5) is 10.3 Å². The van der Waals surface area contributed by atoms with Crippen molar-refractivity contribution in [2.45, 2.75) is 32.8 Å². The zero-order valence-corrected chi connectivity index (χ0v) is 20.3. The first-order valence-electron chi connectivity index (χ1n) is 10.2. The Hall–Kier alpha value is -2.97. The predicted octanol–water partition coefficient (Wildman–Crippen LogP) is 5.19. The maximum absolute atomic E-state index is 13.8. The summed E-state index contributed by atoms with van der Waals surface area (Å²) in [6, 6.07) is 8.46. The molecule has 1 unspecified atom stereocenters. The van der Waals surface area contributed by atoms with E-state index in [-0.39, 0.29) is 16.0 Å². The van der Waals surface area contributed by atoms with Crippen LogP contribution in [0.2, 0.25) is 10.0 Å². The maximum atomic E-state index is 13.8. The SMILES string of the molecule is Cc1cc(C2=NOC(C)(c3cc(Cl)c(F)c(Cl)c3)C2)ccc1C(=O)N(C)c1nc(C)n(C)n1. The van der Waals surface area contributed by atoms with Gasteiger partial charge in [-0.25, -0.2) is 4.39 Å². The van der Waals surface area contributed by atoms with Crippen LogP contribution in [-0.2, 0) is 17.5 Å². The maximum Gasteiger partial charge on any atom is 0.260 e.